The summed E-state index contributed by atoms with van der Waals surface area (Å²) >= 11 is 0. The zero-order valence-corrected chi connectivity index (χ0v) is 9.17. The Morgan fingerprint density at radius 1 is 1.40 bits per heavy atom. The number of benzene rings is 1. The summed E-state index contributed by atoms with van der Waals surface area (Å²) in [5.41, 5.74) is 6.50. The van der Waals surface area contributed by atoms with Gasteiger partial charge >= 0.3 is 0 Å². The number of halogens is 1. The van der Waals surface area contributed by atoms with Crippen molar-refractivity contribution in [3.05, 3.63) is 35.6 Å². The fraction of sp³-hybridized carbons (Fsp3) is 0.538. The smallest absolute Gasteiger partial charge is 0.128 e. The van der Waals surface area contributed by atoms with E-state index in [0.717, 1.165) is 12.8 Å². The highest BCUT2D eigenvalue weighted by Crippen LogP contribution is 2.46. The molecule has 0 aliphatic heterocycles. The van der Waals surface area contributed by atoms with Gasteiger partial charge in [0.25, 0.3) is 0 Å². The van der Waals surface area contributed by atoms with Crippen LogP contribution in [-0.2, 0) is 5.54 Å². The molecule has 0 aromatic heterocycles. The fourth-order valence-electron chi connectivity index (χ4n) is 2.67. The molecule has 0 unspecified atom stereocenters. The zero-order chi connectivity index (χ0) is 10.9. The molecule has 1 aromatic rings. The summed E-state index contributed by atoms with van der Waals surface area (Å²) in [6.45, 7) is 2.18. The molecule has 1 saturated carbocycles. The highest BCUT2D eigenvalue weighted by molar-refractivity contribution is 5.28. The summed E-state index contributed by atoms with van der Waals surface area (Å²) in [4.78, 5) is 0. The van der Waals surface area contributed by atoms with Gasteiger partial charge in [-0.05, 0) is 24.8 Å². The van der Waals surface area contributed by atoms with E-state index in [1.807, 2.05) is 12.1 Å². The van der Waals surface area contributed by atoms with Crippen LogP contribution in [0.2, 0.25) is 0 Å². The normalized spacial score (nSPS) is 29.9. The Morgan fingerprint density at radius 3 is 2.67 bits per heavy atom. The maximum Gasteiger partial charge on any atom is 0.128 e. The van der Waals surface area contributed by atoms with Crippen molar-refractivity contribution in [1.82, 2.24) is 0 Å². The summed E-state index contributed by atoms with van der Waals surface area (Å²) in [6.07, 6.45) is 4.27. The van der Waals surface area contributed by atoms with Crippen molar-refractivity contribution >= 4 is 0 Å². The lowest BCUT2D eigenvalue weighted by Gasteiger charge is -2.45. The molecule has 1 aliphatic carbocycles. The first kappa shape index (κ1) is 10.6. The second-order valence-electron chi connectivity index (χ2n) is 4.70. The first-order valence-corrected chi connectivity index (χ1v) is 5.69. The van der Waals surface area contributed by atoms with Gasteiger partial charge in [0.2, 0.25) is 0 Å². The molecular weight excluding hydrogens is 189 g/mol. The van der Waals surface area contributed by atoms with Crippen molar-refractivity contribution in [2.24, 2.45) is 11.7 Å². The predicted molar refractivity (Wildman–Crippen MR) is 59.9 cm³/mol. The van der Waals surface area contributed by atoms with Crippen LogP contribution in [0.1, 0.15) is 38.2 Å². The van der Waals surface area contributed by atoms with Gasteiger partial charge in [0.1, 0.15) is 5.82 Å². The van der Waals surface area contributed by atoms with Crippen LogP contribution in [0, 0.1) is 11.7 Å². The molecule has 2 rings (SSSR count). The van der Waals surface area contributed by atoms with E-state index < -0.39 is 5.54 Å². The molecule has 2 N–H and O–H groups in total. The Balaban J connectivity index is 2.10. The third-order valence-corrected chi connectivity index (χ3v) is 3.41. The van der Waals surface area contributed by atoms with Crippen molar-refractivity contribution < 1.29 is 4.39 Å². The lowest BCUT2D eigenvalue weighted by molar-refractivity contribution is 0.133. The van der Waals surface area contributed by atoms with Crippen LogP contribution >= 0.6 is 0 Å². The van der Waals surface area contributed by atoms with E-state index in [-0.39, 0.29) is 5.82 Å². The van der Waals surface area contributed by atoms with Gasteiger partial charge in [0.15, 0.2) is 0 Å². The topological polar surface area (TPSA) is 26.0 Å². The van der Waals surface area contributed by atoms with Gasteiger partial charge < -0.3 is 5.73 Å². The highest BCUT2D eigenvalue weighted by atomic mass is 19.1. The molecule has 1 aliphatic rings. The summed E-state index contributed by atoms with van der Waals surface area (Å²) in [5, 5.41) is 0. The van der Waals surface area contributed by atoms with Crippen LogP contribution in [0.4, 0.5) is 4.39 Å². The molecule has 1 fully saturated rings. The van der Waals surface area contributed by atoms with E-state index in [0.29, 0.717) is 11.5 Å². The Labute approximate surface area is 90.5 Å². The van der Waals surface area contributed by atoms with Crippen LogP contribution in [-0.4, -0.2) is 0 Å². The fourth-order valence-corrected chi connectivity index (χ4v) is 2.67. The molecular formula is C13H18FN. The molecule has 15 heavy (non-hydrogen) atoms. The van der Waals surface area contributed by atoms with Crippen molar-refractivity contribution in [3.8, 4) is 0 Å². The molecule has 82 valence electrons. The maximum absolute atomic E-state index is 13.5. The second kappa shape index (κ2) is 3.93. The maximum atomic E-state index is 13.5. The van der Waals surface area contributed by atoms with Gasteiger partial charge in [-0.1, -0.05) is 38.0 Å². The summed E-state index contributed by atoms with van der Waals surface area (Å²) < 4.78 is 13.5. The summed E-state index contributed by atoms with van der Waals surface area (Å²) in [6, 6.07) is 6.89. The quantitative estimate of drug-likeness (QED) is 0.809. The summed E-state index contributed by atoms with van der Waals surface area (Å²) in [5.74, 6) is 0.537. The van der Waals surface area contributed by atoms with Crippen LogP contribution < -0.4 is 5.73 Å². The summed E-state index contributed by atoms with van der Waals surface area (Å²) in [7, 11) is 0. The monoisotopic (exact) mass is 207 g/mol. The number of hydrogen-bond acceptors (Lipinski definition) is 1. The van der Waals surface area contributed by atoms with E-state index in [9.17, 15) is 4.39 Å². The molecule has 0 bridgehead atoms. The minimum atomic E-state index is -0.398. The third kappa shape index (κ3) is 1.91. The van der Waals surface area contributed by atoms with E-state index >= 15 is 0 Å². The number of rotatable bonds is 3. The van der Waals surface area contributed by atoms with E-state index in [4.69, 9.17) is 5.73 Å². The van der Waals surface area contributed by atoms with Crippen molar-refractivity contribution in [2.75, 3.05) is 0 Å². The van der Waals surface area contributed by atoms with Gasteiger partial charge in [-0.25, -0.2) is 4.39 Å². The van der Waals surface area contributed by atoms with Crippen molar-refractivity contribution in [1.29, 1.82) is 0 Å². The van der Waals surface area contributed by atoms with Gasteiger partial charge in [0.05, 0.1) is 0 Å². The average Bonchev–Trinajstić information content (AvgIpc) is 2.16. The van der Waals surface area contributed by atoms with Gasteiger partial charge in [0, 0.05) is 11.1 Å². The van der Waals surface area contributed by atoms with Crippen LogP contribution in [0.3, 0.4) is 0 Å². The Morgan fingerprint density at radius 2 is 2.07 bits per heavy atom. The zero-order valence-electron chi connectivity index (χ0n) is 9.17. The SMILES string of the molecule is CCCC1CC(N)(c2ccccc2F)C1. The molecule has 0 spiro atoms. The minimum Gasteiger partial charge on any atom is -0.321 e. The van der Waals surface area contributed by atoms with E-state index in [2.05, 4.69) is 6.92 Å². The first-order chi connectivity index (χ1) is 7.15. The van der Waals surface area contributed by atoms with Crippen LogP contribution in [0.5, 0.6) is 0 Å². The lowest BCUT2D eigenvalue weighted by atomic mass is 9.64. The Kier molecular flexibility index (Phi) is 2.79. The van der Waals surface area contributed by atoms with Crippen molar-refractivity contribution in [2.45, 2.75) is 38.1 Å². The molecule has 0 heterocycles. The molecule has 0 atom stereocenters. The molecule has 1 nitrogen and oxygen atoms in total. The molecule has 0 amide bonds. The minimum absolute atomic E-state index is 0.157. The van der Waals surface area contributed by atoms with E-state index in [1.165, 1.54) is 18.9 Å². The highest BCUT2D eigenvalue weighted by Gasteiger charge is 2.42. The molecule has 1 aromatic carbocycles. The average molecular weight is 207 g/mol. The lowest BCUT2D eigenvalue weighted by Crippen LogP contribution is -2.49. The van der Waals surface area contributed by atoms with Gasteiger partial charge in [-0.3, -0.25) is 0 Å². The third-order valence-electron chi connectivity index (χ3n) is 3.41. The molecule has 0 saturated heterocycles. The van der Waals surface area contributed by atoms with Gasteiger partial charge in [-0.2, -0.15) is 0 Å². The standard InChI is InChI=1S/C13H18FN/c1-2-5-10-8-13(15,9-10)11-6-3-4-7-12(11)14/h3-4,6-7,10H,2,5,8-9,15H2,1H3. The predicted octanol–water partition coefficient (Wildman–Crippen LogP) is 3.19. The number of nitrogens with two attached hydrogens (primary N) is 1. The number of hydrogen-bond donors (Lipinski definition) is 1. The van der Waals surface area contributed by atoms with E-state index in [1.54, 1.807) is 6.07 Å². The molecule has 2 heteroatoms. The van der Waals surface area contributed by atoms with Crippen LogP contribution in [0.25, 0.3) is 0 Å². The molecule has 0 radical (unpaired) electrons. The largest absolute Gasteiger partial charge is 0.321 e. The second-order valence-corrected chi connectivity index (χ2v) is 4.70. The van der Waals surface area contributed by atoms with Crippen LogP contribution in [0.15, 0.2) is 24.3 Å². The van der Waals surface area contributed by atoms with Crippen molar-refractivity contribution in [3.63, 3.8) is 0 Å². The Hall–Kier alpha value is -0.890. The Bertz CT molecular complexity index is 342. The van der Waals surface area contributed by atoms with Gasteiger partial charge in [-0.15, -0.1) is 0 Å². The first-order valence-electron chi connectivity index (χ1n) is 5.69.